The van der Waals surface area contributed by atoms with Crippen LogP contribution >= 0.6 is 0 Å². The molecular weight excluding hydrogens is 448 g/mol. The predicted molar refractivity (Wildman–Crippen MR) is 143 cm³/mol. The van der Waals surface area contributed by atoms with E-state index in [0.29, 0.717) is 25.2 Å². The van der Waals surface area contributed by atoms with Crippen LogP contribution in [0.5, 0.6) is 0 Å². The highest BCUT2D eigenvalue weighted by molar-refractivity contribution is 6.06. The van der Waals surface area contributed by atoms with Crippen molar-refractivity contribution in [1.82, 2.24) is 14.8 Å². The van der Waals surface area contributed by atoms with E-state index in [1.807, 2.05) is 65.3 Å². The van der Waals surface area contributed by atoms with Gasteiger partial charge < -0.3 is 19.7 Å². The van der Waals surface area contributed by atoms with Crippen LogP contribution in [0.3, 0.4) is 0 Å². The minimum absolute atomic E-state index is 0.0242. The molecule has 1 fully saturated rings. The Morgan fingerprint density at radius 2 is 1.92 bits per heavy atom. The van der Waals surface area contributed by atoms with E-state index >= 15 is 0 Å². The molecule has 0 saturated carbocycles. The molecule has 2 aromatic carbocycles. The first kappa shape index (κ1) is 23.9. The molecule has 3 heterocycles. The number of nitrogens with one attached hydrogen (secondary N) is 1. The topological polar surface area (TPSA) is 57.6 Å². The summed E-state index contributed by atoms with van der Waals surface area (Å²) in [5, 5.41) is 3.07. The number of urea groups is 1. The number of aryl methyl sites for hydroxylation is 1. The molecule has 0 bridgehead atoms. The molecule has 6 heteroatoms. The van der Waals surface area contributed by atoms with E-state index in [4.69, 9.17) is 0 Å². The van der Waals surface area contributed by atoms with Gasteiger partial charge in [0.1, 0.15) is 0 Å². The van der Waals surface area contributed by atoms with E-state index in [0.717, 1.165) is 41.0 Å². The van der Waals surface area contributed by atoms with Gasteiger partial charge in [-0.1, -0.05) is 44.2 Å². The van der Waals surface area contributed by atoms with E-state index in [-0.39, 0.29) is 23.4 Å². The zero-order chi connectivity index (χ0) is 25.4. The number of aromatic nitrogens is 1. The van der Waals surface area contributed by atoms with Gasteiger partial charge in [-0.05, 0) is 65.8 Å². The molecule has 0 radical (unpaired) electrons. The number of carbonyl (C=O) groups excluding carboxylic acids is 2. The Bertz CT molecular complexity index is 1320. The van der Waals surface area contributed by atoms with Crippen LogP contribution in [0, 0.1) is 12.3 Å². The highest BCUT2D eigenvalue weighted by Crippen LogP contribution is 2.34. The highest BCUT2D eigenvalue weighted by Gasteiger charge is 2.38. The summed E-state index contributed by atoms with van der Waals surface area (Å²) in [6.45, 7) is 12.7. The number of benzene rings is 2. The molecular formula is C30H34N4O2. The van der Waals surface area contributed by atoms with Crippen LogP contribution in [0.25, 0.3) is 0 Å². The third kappa shape index (κ3) is 4.55. The number of fused-ring (bicyclic) bond motifs is 2. The van der Waals surface area contributed by atoms with Gasteiger partial charge in [0.05, 0.1) is 12.6 Å². The number of rotatable bonds is 4. The van der Waals surface area contributed by atoms with Crippen molar-refractivity contribution in [2.24, 2.45) is 5.41 Å². The summed E-state index contributed by atoms with van der Waals surface area (Å²) >= 11 is 0. The van der Waals surface area contributed by atoms with Crippen molar-refractivity contribution in [3.8, 4) is 0 Å². The number of hydrogen-bond acceptors (Lipinski definition) is 2. The number of likely N-dealkylation sites (tertiary alicyclic amines) is 1. The zero-order valence-electron chi connectivity index (χ0n) is 21.3. The minimum Gasteiger partial charge on any atom is -0.345 e. The average Bonchev–Trinajstić information content (AvgIpc) is 3.39. The lowest BCUT2D eigenvalue weighted by Gasteiger charge is -2.24. The van der Waals surface area contributed by atoms with Crippen LogP contribution in [0.4, 0.5) is 10.5 Å². The number of para-hydroxylation sites is 1. The molecule has 36 heavy (non-hydrogen) atoms. The largest absolute Gasteiger partial charge is 0.345 e. The van der Waals surface area contributed by atoms with Crippen LogP contribution in [-0.4, -0.2) is 34.0 Å². The molecule has 1 N–H and O–H groups in total. The summed E-state index contributed by atoms with van der Waals surface area (Å²) in [6, 6.07) is 17.9. The van der Waals surface area contributed by atoms with E-state index in [1.165, 1.54) is 0 Å². The van der Waals surface area contributed by atoms with Crippen molar-refractivity contribution in [3.05, 3.63) is 101 Å². The molecule has 2 aliphatic rings. The van der Waals surface area contributed by atoms with Crippen LogP contribution in [-0.2, 0) is 19.6 Å². The third-order valence-electron chi connectivity index (χ3n) is 7.42. The number of nitrogens with zero attached hydrogens (tertiary/aromatic N) is 3. The molecule has 1 saturated heterocycles. The molecule has 186 valence electrons. The SMILES string of the molecule is C=C[C@@H]1CC(C)(C)CN1C(=O)NCc1ccc(C(=O)N2Cc3cccn3Cc3ccccc32)cc1C. The van der Waals surface area contributed by atoms with E-state index < -0.39 is 0 Å². The second-order valence-electron chi connectivity index (χ2n) is 10.7. The van der Waals surface area contributed by atoms with Crippen molar-refractivity contribution < 1.29 is 9.59 Å². The molecule has 5 rings (SSSR count). The van der Waals surface area contributed by atoms with Crippen LogP contribution in [0.1, 0.15) is 53.0 Å². The van der Waals surface area contributed by atoms with E-state index in [9.17, 15) is 9.59 Å². The van der Waals surface area contributed by atoms with Crippen molar-refractivity contribution in [2.75, 3.05) is 11.4 Å². The smallest absolute Gasteiger partial charge is 0.318 e. The lowest BCUT2D eigenvalue weighted by atomic mass is 9.91. The fourth-order valence-electron chi connectivity index (χ4n) is 5.47. The fourth-order valence-corrected chi connectivity index (χ4v) is 5.47. The second-order valence-corrected chi connectivity index (χ2v) is 10.7. The van der Waals surface area contributed by atoms with Gasteiger partial charge in [0, 0.05) is 42.8 Å². The molecule has 3 aromatic rings. The quantitative estimate of drug-likeness (QED) is 0.499. The van der Waals surface area contributed by atoms with E-state index in [2.05, 4.69) is 48.6 Å². The van der Waals surface area contributed by atoms with Crippen molar-refractivity contribution in [1.29, 1.82) is 0 Å². The first-order valence-corrected chi connectivity index (χ1v) is 12.6. The Hall–Kier alpha value is -3.80. The van der Waals surface area contributed by atoms with Gasteiger partial charge in [-0.2, -0.15) is 0 Å². The van der Waals surface area contributed by atoms with Crippen LogP contribution < -0.4 is 10.2 Å². The minimum atomic E-state index is -0.0748. The molecule has 0 spiro atoms. The maximum Gasteiger partial charge on any atom is 0.318 e. The Morgan fingerprint density at radius 3 is 2.69 bits per heavy atom. The molecule has 6 nitrogen and oxygen atoms in total. The summed E-state index contributed by atoms with van der Waals surface area (Å²) in [5.74, 6) is -0.0242. The van der Waals surface area contributed by atoms with Gasteiger partial charge >= 0.3 is 6.03 Å². The maximum atomic E-state index is 13.7. The Balaban J connectivity index is 1.32. The Kier molecular flexibility index (Phi) is 6.20. The summed E-state index contributed by atoms with van der Waals surface area (Å²) < 4.78 is 2.20. The zero-order valence-corrected chi connectivity index (χ0v) is 21.3. The molecule has 3 amide bonds. The fraction of sp³-hybridized carbons (Fsp3) is 0.333. The normalized spacial score (nSPS) is 18.2. The van der Waals surface area contributed by atoms with Gasteiger partial charge in [-0.3, -0.25) is 4.79 Å². The van der Waals surface area contributed by atoms with Gasteiger partial charge in [0.15, 0.2) is 0 Å². The second kappa shape index (κ2) is 9.34. The number of carbonyl (C=O) groups is 2. The molecule has 0 aliphatic carbocycles. The van der Waals surface area contributed by atoms with Gasteiger partial charge in [-0.15, -0.1) is 6.58 Å². The van der Waals surface area contributed by atoms with Crippen molar-refractivity contribution in [2.45, 2.75) is 52.9 Å². The average molecular weight is 483 g/mol. The maximum absolute atomic E-state index is 13.7. The third-order valence-corrected chi connectivity index (χ3v) is 7.42. The summed E-state index contributed by atoms with van der Waals surface area (Å²) in [7, 11) is 0. The molecule has 1 atom stereocenters. The first-order chi connectivity index (χ1) is 17.3. The van der Waals surface area contributed by atoms with Crippen LogP contribution in [0.15, 0.2) is 73.4 Å². The molecule has 2 aliphatic heterocycles. The van der Waals surface area contributed by atoms with Gasteiger partial charge in [0.2, 0.25) is 0 Å². The number of amides is 3. The molecule has 0 unspecified atom stereocenters. The first-order valence-electron chi connectivity index (χ1n) is 12.6. The monoisotopic (exact) mass is 482 g/mol. The summed E-state index contributed by atoms with van der Waals surface area (Å²) in [6.07, 6.45) is 4.84. The van der Waals surface area contributed by atoms with Crippen molar-refractivity contribution >= 4 is 17.6 Å². The predicted octanol–water partition coefficient (Wildman–Crippen LogP) is 5.50. The summed E-state index contributed by atoms with van der Waals surface area (Å²) in [5.41, 5.74) is 5.89. The standard InChI is InChI=1S/C30H34N4O2/c1-5-25-16-30(3,4)20-34(25)29(36)31-17-23-13-12-22(15-21(23)2)28(35)33-19-26-10-8-14-32(26)18-24-9-6-7-11-27(24)33/h5-15,25H,1,16-20H2,2-4H3,(H,31,36)/t25-/m1/s1. The van der Waals surface area contributed by atoms with Crippen molar-refractivity contribution in [3.63, 3.8) is 0 Å². The highest BCUT2D eigenvalue weighted by atomic mass is 16.2. The lowest BCUT2D eigenvalue weighted by molar-refractivity contribution is 0.0984. The van der Waals surface area contributed by atoms with Crippen LogP contribution in [0.2, 0.25) is 0 Å². The van der Waals surface area contributed by atoms with Gasteiger partial charge in [-0.25, -0.2) is 4.79 Å². The lowest BCUT2D eigenvalue weighted by Crippen LogP contribution is -2.42. The number of anilines is 1. The number of hydrogen-bond donors (Lipinski definition) is 1. The Morgan fingerprint density at radius 1 is 1.11 bits per heavy atom. The summed E-state index contributed by atoms with van der Waals surface area (Å²) in [4.78, 5) is 30.4. The Labute approximate surface area is 213 Å². The molecule has 1 aromatic heterocycles. The van der Waals surface area contributed by atoms with Gasteiger partial charge in [0.25, 0.3) is 5.91 Å². The van der Waals surface area contributed by atoms with E-state index in [1.54, 1.807) is 0 Å².